The van der Waals surface area contributed by atoms with Crippen LogP contribution in [-0.2, 0) is 9.59 Å². The van der Waals surface area contributed by atoms with E-state index in [9.17, 15) is 9.59 Å². The Hall–Kier alpha value is -2.99. The largest absolute Gasteiger partial charge is 0.311 e. The molecule has 2 amide bonds. The number of anilines is 1. The molecule has 4 rings (SSSR count). The number of carbonyl (C=O) groups is 2. The number of fused-ring (bicyclic) bond motifs is 2. The molecule has 0 saturated heterocycles. The fourth-order valence-electron chi connectivity index (χ4n) is 3.18. The van der Waals surface area contributed by atoms with Crippen molar-refractivity contribution in [3.63, 3.8) is 0 Å². The first-order chi connectivity index (χ1) is 12.6. The minimum absolute atomic E-state index is 0.0893. The lowest BCUT2D eigenvalue weighted by molar-refractivity contribution is -0.129. The maximum Gasteiger partial charge on any atom is 0.228 e. The molecule has 0 saturated carbocycles. The molecule has 1 aliphatic heterocycles. The number of nitrogens with one attached hydrogen (secondary N) is 1. The zero-order chi connectivity index (χ0) is 18.1. The van der Waals surface area contributed by atoms with E-state index < -0.39 is 0 Å². The third-order valence-corrected chi connectivity index (χ3v) is 5.34. The summed E-state index contributed by atoms with van der Waals surface area (Å²) in [6, 6.07) is 15.3. The van der Waals surface area contributed by atoms with Crippen molar-refractivity contribution in [2.75, 3.05) is 5.32 Å². The summed E-state index contributed by atoms with van der Waals surface area (Å²) in [5.74, 6) is -0.251. The van der Waals surface area contributed by atoms with Gasteiger partial charge in [-0.1, -0.05) is 47.7 Å². The number of rotatable bonds is 3. The number of nitrogens with zero attached hydrogens (tertiary/aromatic N) is 2. The lowest BCUT2D eigenvalue weighted by Gasteiger charge is -2.32. The molecule has 3 aromatic rings. The van der Waals surface area contributed by atoms with Crippen molar-refractivity contribution in [2.24, 2.45) is 0 Å². The van der Waals surface area contributed by atoms with Crippen LogP contribution in [0.15, 0.2) is 54.7 Å². The highest BCUT2D eigenvalue weighted by Gasteiger charge is 2.28. The van der Waals surface area contributed by atoms with Crippen LogP contribution >= 0.6 is 11.3 Å². The first-order valence-corrected chi connectivity index (χ1v) is 9.15. The maximum atomic E-state index is 12.6. The normalized spacial score (nSPS) is 15.7. The summed E-state index contributed by atoms with van der Waals surface area (Å²) < 4.78 is 1.03. The molecule has 5 nitrogen and oxygen atoms in total. The van der Waals surface area contributed by atoms with Crippen LogP contribution in [-0.4, -0.2) is 21.7 Å². The number of carbonyl (C=O) groups excluding carboxylic acids is 2. The number of benzene rings is 2. The van der Waals surface area contributed by atoms with E-state index in [1.54, 1.807) is 11.1 Å². The highest BCUT2D eigenvalue weighted by Crippen LogP contribution is 2.33. The van der Waals surface area contributed by atoms with E-state index in [1.165, 1.54) is 18.3 Å². The molecule has 0 radical (unpaired) electrons. The molecule has 130 valence electrons. The molecule has 1 aromatic heterocycles. The number of para-hydroxylation sites is 1. The number of aromatic nitrogens is 1. The summed E-state index contributed by atoms with van der Waals surface area (Å²) in [6.07, 6.45) is 3.83. The predicted molar refractivity (Wildman–Crippen MR) is 104 cm³/mol. The van der Waals surface area contributed by atoms with Gasteiger partial charge in [0.1, 0.15) is 0 Å². The van der Waals surface area contributed by atoms with E-state index in [1.807, 2.05) is 54.6 Å². The highest BCUT2D eigenvalue weighted by molar-refractivity contribution is 7.22. The second kappa shape index (κ2) is 6.72. The van der Waals surface area contributed by atoms with Gasteiger partial charge < -0.3 is 10.2 Å². The van der Waals surface area contributed by atoms with Crippen LogP contribution in [0, 0.1) is 0 Å². The summed E-state index contributed by atoms with van der Waals surface area (Å²) in [5, 5.41) is 3.45. The molecule has 0 spiro atoms. The molecule has 1 atom stereocenters. The predicted octanol–water partition coefficient (Wildman–Crippen LogP) is 4.20. The Morgan fingerprint density at radius 1 is 1.15 bits per heavy atom. The Kier molecular flexibility index (Phi) is 4.26. The second-order valence-electron chi connectivity index (χ2n) is 6.13. The number of thiazole rings is 1. The first-order valence-electron chi connectivity index (χ1n) is 8.33. The van der Waals surface area contributed by atoms with Gasteiger partial charge in [-0.3, -0.25) is 9.59 Å². The van der Waals surface area contributed by atoms with Gasteiger partial charge in [-0.15, -0.1) is 0 Å². The topological polar surface area (TPSA) is 62.3 Å². The zero-order valence-electron chi connectivity index (χ0n) is 14.2. The summed E-state index contributed by atoms with van der Waals surface area (Å²) in [4.78, 5) is 30.7. The van der Waals surface area contributed by atoms with Crippen molar-refractivity contribution in [3.05, 3.63) is 65.9 Å². The van der Waals surface area contributed by atoms with Gasteiger partial charge in [0.25, 0.3) is 0 Å². The minimum atomic E-state index is -0.317. The molecule has 0 fully saturated rings. The smallest absolute Gasteiger partial charge is 0.228 e. The third-order valence-electron chi connectivity index (χ3n) is 4.39. The fourth-order valence-corrected chi connectivity index (χ4v) is 4.07. The summed E-state index contributed by atoms with van der Waals surface area (Å²) in [6.45, 7) is 1.51. The number of hydrogen-bond donors (Lipinski definition) is 1. The molecule has 1 unspecified atom stereocenters. The standard InChI is InChI=1S/C20H17N3O2S/c1-13(24)23-11-10-14-6-2-3-7-15(14)17(23)12-19(25)22-20-21-16-8-4-5-9-18(16)26-20/h2-11,17H,12H2,1H3,(H,21,22,25). The van der Waals surface area contributed by atoms with E-state index in [0.29, 0.717) is 5.13 Å². The number of amides is 2. The summed E-state index contributed by atoms with van der Waals surface area (Å²) in [7, 11) is 0. The van der Waals surface area contributed by atoms with Crippen molar-refractivity contribution in [3.8, 4) is 0 Å². The van der Waals surface area contributed by atoms with E-state index in [4.69, 9.17) is 0 Å². The Morgan fingerprint density at radius 3 is 2.73 bits per heavy atom. The molecule has 26 heavy (non-hydrogen) atoms. The van der Waals surface area contributed by atoms with Crippen LogP contribution in [0.5, 0.6) is 0 Å². The molecule has 0 bridgehead atoms. The van der Waals surface area contributed by atoms with E-state index in [2.05, 4.69) is 10.3 Å². The maximum absolute atomic E-state index is 12.6. The van der Waals surface area contributed by atoms with Crippen molar-refractivity contribution in [1.29, 1.82) is 0 Å². The molecule has 1 aliphatic rings. The number of hydrogen-bond acceptors (Lipinski definition) is 4. The highest BCUT2D eigenvalue weighted by atomic mass is 32.1. The van der Waals surface area contributed by atoms with Gasteiger partial charge in [0.2, 0.25) is 11.8 Å². The first kappa shape index (κ1) is 16.5. The quantitative estimate of drug-likeness (QED) is 0.759. The molecular formula is C20H17N3O2S. The average molecular weight is 363 g/mol. The van der Waals surface area contributed by atoms with Gasteiger partial charge in [0.05, 0.1) is 22.7 Å². The zero-order valence-corrected chi connectivity index (χ0v) is 15.0. The molecule has 2 aromatic carbocycles. The molecular weight excluding hydrogens is 346 g/mol. The Bertz CT molecular complexity index is 992. The SMILES string of the molecule is CC(=O)N1C=Cc2ccccc2C1CC(=O)Nc1nc2ccccc2s1. The molecule has 2 heterocycles. The van der Waals surface area contributed by atoms with Gasteiger partial charge in [-0.25, -0.2) is 4.98 Å². The van der Waals surface area contributed by atoms with Crippen LogP contribution in [0.2, 0.25) is 0 Å². The van der Waals surface area contributed by atoms with Gasteiger partial charge in [-0.05, 0) is 29.3 Å². The Morgan fingerprint density at radius 2 is 1.92 bits per heavy atom. The fraction of sp³-hybridized carbons (Fsp3) is 0.150. The van der Waals surface area contributed by atoms with Crippen LogP contribution in [0.1, 0.15) is 30.5 Å². The van der Waals surface area contributed by atoms with E-state index in [-0.39, 0.29) is 24.3 Å². The lowest BCUT2D eigenvalue weighted by atomic mass is 9.93. The summed E-state index contributed by atoms with van der Waals surface area (Å²) in [5.41, 5.74) is 2.87. The van der Waals surface area contributed by atoms with E-state index >= 15 is 0 Å². The van der Waals surface area contributed by atoms with Gasteiger partial charge in [-0.2, -0.15) is 0 Å². The van der Waals surface area contributed by atoms with Crippen molar-refractivity contribution < 1.29 is 9.59 Å². The van der Waals surface area contributed by atoms with Crippen LogP contribution < -0.4 is 5.32 Å². The minimum Gasteiger partial charge on any atom is -0.311 e. The third kappa shape index (κ3) is 3.11. The van der Waals surface area contributed by atoms with Gasteiger partial charge in [0, 0.05) is 13.1 Å². The average Bonchev–Trinajstić information content (AvgIpc) is 3.03. The van der Waals surface area contributed by atoms with Crippen molar-refractivity contribution >= 4 is 44.6 Å². The lowest BCUT2D eigenvalue weighted by Crippen LogP contribution is -2.33. The Balaban J connectivity index is 1.56. The van der Waals surface area contributed by atoms with Crippen LogP contribution in [0.3, 0.4) is 0 Å². The molecule has 1 N–H and O–H groups in total. The molecule has 6 heteroatoms. The van der Waals surface area contributed by atoms with Gasteiger partial charge >= 0.3 is 0 Å². The van der Waals surface area contributed by atoms with Crippen LogP contribution in [0.25, 0.3) is 16.3 Å². The second-order valence-corrected chi connectivity index (χ2v) is 7.16. The Labute approximate surface area is 155 Å². The summed E-state index contributed by atoms with van der Waals surface area (Å²) >= 11 is 1.44. The monoisotopic (exact) mass is 363 g/mol. The van der Waals surface area contributed by atoms with Gasteiger partial charge in [0.15, 0.2) is 5.13 Å². The van der Waals surface area contributed by atoms with Crippen molar-refractivity contribution in [1.82, 2.24) is 9.88 Å². The van der Waals surface area contributed by atoms with Crippen LogP contribution in [0.4, 0.5) is 5.13 Å². The van der Waals surface area contributed by atoms with Crippen molar-refractivity contribution in [2.45, 2.75) is 19.4 Å². The molecule has 0 aliphatic carbocycles. The van der Waals surface area contributed by atoms with E-state index in [0.717, 1.165) is 21.3 Å².